The normalized spacial score (nSPS) is 15.4. The minimum atomic E-state index is 0.421. The van der Waals surface area contributed by atoms with E-state index in [4.69, 9.17) is 19.9 Å². The van der Waals surface area contributed by atoms with Crippen molar-refractivity contribution >= 4 is 5.69 Å². The van der Waals surface area contributed by atoms with Gasteiger partial charge in [0.15, 0.2) is 0 Å². The molecule has 2 rings (SSSR count). The summed E-state index contributed by atoms with van der Waals surface area (Å²) >= 11 is 0. The fraction of sp³-hybridized carbons (Fsp3) is 0.538. The fourth-order valence-electron chi connectivity index (χ4n) is 1.83. The van der Waals surface area contributed by atoms with E-state index in [1.165, 1.54) is 19.3 Å². The lowest BCUT2D eigenvalue weighted by molar-refractivity contribution is -0.00876. The van der Waals surface area contributed by atoms with Crippen LogP contribution in [0.25, 0.3) is 0 Å². The maximum absolute atomic E-state index is 5.88. The minimum Gasteiger partial charge on any atom is -0.494 e. The first-order valence-electron chi connectivity index (χ1n) is 5.86. The topological polar surface area (TPSA) is 53.7 Å². The van der Waals surface area contributed by atoms with Crippen molar-refractivity contribution in [3.8, 4) is 11.5 Å². The van der Waals surface area contributed by atoms with Gasteiger partial charge in [-0.2, -0.15) is 0 Å². The summed E-state index contributed by atoms with van der Waals surface area (Å²) < 4.78 is 16.2. The van der Waals surface area contributed by atoms with Gasteiger partial charge in [-0.25, -0.2) is 0 Å². The van der Waals surface area contributed by atoms with Crippen LogP contribution in [0, 0.1) is 0 Å². The summed E-state index contributed by atoms with van der Waals surface area (Å²) in [5.41, 5.74) is 7.43. The van der Waals surface area contributed by atoms with Crippen LogP contribution in [0.15, 0.2) is 12.1 Å². The molecule has 94 valence electrons. The van der Waals surface area contributed by atoms with Gasteiger partial charge in [-0.15, -0.1) is 0 Å². The highest BCUT2D eigenvalue weighted by Crippen LogP contribution is 2.33. The number of benzene rings is 1. The van der Waals surface area contributed by atoms with Crippen LogP contribution in [0.3, 0.4) is 0 Å². The molecule has 1 aromatic rings. The average Bonchev–Trinajstić information content (AvgIpc) is 2.28. The van der Waals surface area contributed by atoms with E-state index in [1.54, 1.807) is 14.2 Å². The van der Waals surface area contributed by atoms with E-state index in [2.05, 4.69) is 0 Å². The molecular formula is C13H19NO3. The maximum Gasteiger partial charge on any atom is 0.145 e. The van der Waals surface area contributed by atoms with Crippen LogP contribution in [0.5, 0.6) is 11.5 Å². The number of nitrogen functional groups attached to an aromatic ring is 1. The number of hydrogen-bond acceptors (Lipinski definition) is 4. The Morgan fingerprint density at radius 3 is 2.18 bits per heavy atom. The molecular weight excluding hydrogens is 218 g/mol. The van der Waals surface area contributed by atoms with Crippen LogP contribution in [-0.2, 0) is 11.3 Å². The Bertz CT molecular complexity index is 363. The summed E-state index contributed by atoms with van der Waals surface area (Å²) in [4.78, 5) is 0. The Morgan fingerprint density at radius 1 is 1.18 bits per heavy atom. The molecule has 1 saturated carbocycles. The van der Waals surface area contributed by atoms with Crippen molar-refractivity contribution in [2.45, 2.75) is 32.0 Å². The molecule has 0 spiro atoms. The van der Waals surface area contributed by atoms with Gasteiger partial charge < -0.3 is 19.9 Å². The third kappa shape index (κ3) is 2.64. The van der Waals surface area contributed by atoms with Gasteiger partial charge in [0, 0.05) is 0 Å². The summed E-state index contributed by atoms with van der Waals surface area (Å²) in [6, 6.07) is 3.80. The Hall–Kier alpha value is -1.42. The van der Waals surface area contributed by atoms with Crippen molar-refractivity contribution < 1.29 is 14.2 Å². The van der Waals surface area contributed by atoms with Crippen molar-refractivity contribution in [1.29, 1.82) is 0 Å². The second-order valence-electron chi connectivity index (χ2n) is 4.28. The number of nitrogens with two attached hydrogens (primary N) is 1. The van der Waals surface area contributed by atoms with E-state index >= 15 is 0 Å². The molecule has 0 bridgehead atoms. The van der Waals surface area contributed by atoms with Crippen molar-refractivity contribution in [2.24, 2.45) is 0 Å². The smallest absolute Gasteiger partial charge is 0.145 e. The molecule has 0 aromatic heterocycles. The summed E-state index contributed by atoms with van der Waals surface area (Å²) in [5, 5.41) is 0. The van der Waals surface area contributed by atoms with Gasteiger partial charge in [0.05, 0.1) is 26.9 Å². The molecule has 17 heavy (non-hydrogen) atoms. The standard InChI is InChI=1S/C13H19NO3/c1-15-11-6-9(7-12(16-2)13(11)14)8-17-10-4-3-5-10/h6-7,10H,3-5,8,14H2,1-2H3. The Kier molecular flexibility index (Phi) is 3.74. The lowest BCUT2D eigenvalue weighted by Gasteiger charge is -2.25. The van der Waals surface area contributed by atoms with Crippen LogP contribution in [-0.4, -0.2) is 20.3 Å². The van der Waals surface area contributed by atoms with Gasteiger partial charge in [-0.05, 0) is 37.0 Å². The lowest BCUT2D eigenvalue weighted by Crippen LogP contribution is -2.21. The first-order chi connectivity index (χ1) is 8.24. The molecule has 4 heteroatoms. The van der Waals surface area contributed by atoms with Gasteiger partial charge in [0.25, 0.3) is 0 Å². The second kappa shape index (κ2) is 5.27. The van der Waals surface area contributed by atoms with E-state index in [0.717, 1.165) is 5.56 Å². The quantitative estimate of drug-likeness (QED) is 0.799. The molecule has 0 amide bonds. The molecule has 0 aliphatic heterocycles. The van der Waals surface area contributed by atoms with Crippen LogP contribution in [0.2, 0.25) is 0 Å². The van der Waals surface area contributed by atoms with E-state index in [-0.39, 0.29) is 0 Å². The van der Waals surface area contributed by atoms with Gasteiger partial charge in [-0.1, -0.05) is 0 Å². The molecule has 0 atom stereocenters. The predicted molar refractivity (Wildman–Crippen MR) is 66.4 cm³/mol. The van der Waals surface area contributed by atoms with Crippen molar-refractivity contribution in [3.63, 3.8) is 0 Å². The molecule has 1 aromatic carbocycles. The largest absolute Gasteiger partial charge is 0.494 e. The minimum absolute atomic E-state index is 0.421. The van der Waals surface area contributed by atoms with Crippen LogP contribution < -0.4 is 15.2 Å². The van der Waals surface area contributed by atoms with E-state index < -0.39 is 0 Å². The molecule has 0 radical (unpaired) electrons. The number of anilines is 1. The zero-order valence-electron chi connectivity index (χ0n) is 10.4. The van der Waals surface area contributed by atoms with Crippen molar-refractivity contribution in [3.05, 3.63) is 17.7 Å². The average molecular weight is 237 g/mol. The lowest BCUT2D eigenvalue weighted by atomic mass is 9.96. The third-order valence-corrected chi connectivity index (χ3v) is 3.14. The van der Waals surface area contributed by atoms with E-state index in [0.29, 0.717) is 29.9 Å². The highest BCUT2D eigenvalue weighted by atomic mass is 16.5. The van der Waals surface area contributed by atoms with E-state index in [9.17, 15) is 0 Å². The second-order valence-corrected chi connectivity index (χ2v) is 4.28. The highest BCUT2D eigenvalue weighted by Gasteiger charge is 2.18. The molecule has 1 aliphatic carbocycles. The molecule has 1 aliphatic rings. The Labute approximate surface area is 102 Å². The first kappa shape index (κ1) is 12.0. The molecule has 0 saturated heterocycles. The SMILES string of the molecule is COc1cc(COC2CCC2)cc(OC)c1N. The van der Waals surface area contributed by atoms with Gasteiger partial charge >= 0.3 is 0 Å². The predicted octanol–water partition coefficient (Wildman–Crippen LogP) is 2.36. The van der Waals surface area contributed by atoms with E-state index in [1.807, 2.05) is 12.1 Å². The Morgan fingerprint density at radius 2 is 1.76 bits per heavy atom. The third-order valence-electron chi connectivity index (χ3n) is 3.14. The fourth-order valence-corrected chi connectivity index (χ4v) is 1.83. The number of hydrogen-bond donors (Lipinski definition) is 1. The monoisotopic (exact) mass is 237 g/mol. The zero-order chi connectivity index (χ0) is 12.3. The van der Waals surface area contributed by atoms with Crippen molar-refractivity contribution in [1.82, 2.24) is 0 Å². The van der Waals surface area contributed by atoms with Gasteiger partial charge in [-0.3, -0.25) is 0 Å². The summed E-state index contributed by atoms with van der Waals surface area (Å²) in [6.07, 6.45) is 4.04. The maximum atomic E-state index is 5.88. The molecule has 2 N–H and O–H groups in total. The van der Waals surface area contributed by atoms with Gasteiger partial charge in [0.1, 0.15) is 17.2 Å². The zero-order valence-corrected chi connectivity index (χ0v) is 10.4. The number of ether oxygens (including phenoxy) is 3. The van der Waals surface area contributed by atoms with Crippen molar-refractivity contribution in [2.75, 3.05) is 20.0 Å². The van der Waals surface area contributed by atoms with Crippen LogP contribution >= 0.6 is 0 Å². The number of rotatable bonds is 5. The molecule has 0 unspecified atom stereocenters. The molecule has 0 heterocycles. The first-order valence-corrected chi connectivity index (χ1v) is 5.86. The highest BCUT2D eigenvalue weighted by molar-refractivity contribution is 5.64. The molecule has 4 nitrogen and oxygen atoms in total. The summed E-state index contributed by atoms with van der Waals surface area (Å²) in [6.45, 7) is 0.581. The number of methoxy groups -OCH3 is 2. The van der Waals surface area contributed by atoms with Crippen LogP contribution in [0.1, 0.15) is 24.8 Å². The Balaban J connectivity index is 2.09. The van der Waals surface area contributed by atoms with Gasteiger partial charge in [0.2, 0.25) is 0 Å². The summed E-state index contributed by atoms with van der Waals surface area (Å²) in [5.74, 6) is 1.27. The molecule has 1 fully saturated rings. The summed E-state index contributed by atoms with van der Waals surface area (Å²) in [7, 11) is 3.20. The van der Waals surface area contributed by atoms with Crippen LogP contribution in [0.4, 0.5) is 5.69 Å².